The van der Waals surface area contributed by atoms with Crippen LogP contribution in [0.2, 0.25) is 5.02 Å². The highest BCUT2D eigenvalue weighted by Gasteiger charge is 2.35. The number of halogens is 2. The fraction of sp³-hybridized carbons (Fsp3) is 0.333. The summed E-state index contributed by atoms with van der Waals surface area (Å²) in [5.74, 6) is 1.06. The first-order valence-corrected chi connectivity index (χ1v) is 11.5. The SMILES string of the molecule is COc1cc(Br)c(-c2cc(=O)c3cccc(Cl)c3o2)cc1OCCO[C@H]1C[C@H](C(=O)OC)C1. The maximum Gasteiger partial charge on any atom is 0.308 e. The van der Waals surface area contributed by atoms with E-state index in [1.807, 2.05) is 0 Å². The van der Waals surface area contributed by atoms with E-state index in [-0.39, 0.29) is 30.0 Å². The number of carbonyl (C=O) groups excluding carboxylic acids is 1. The average Bonchev–Trinajstić information content (AvgIpc) is 2.78. The van der Waals surface area contributed by atoms with Crippen molar-refractivity contribution in [3.05, 3.63) is 56.1 Å². The summed E-state index contributed by atoms with van der Waals surface area (Å²) in [6.07, 6.45) is 1.33. The zero-order valence-electron chi connectivity index (χ0n) is 18.1. The fourth-order valence-corrected chi connectivity index (χ4v) is 4.43. The molecule has 174 valence electrons. The topological polar surface area (TPSA) is 84.2 Å². The van der Waals surface area contributed by atoms with Gasteiger partial charge in [0.1, 0.15) is 12.4 Å². The van der Waals surface area contributed by atoms with Crippen molar-refractivity contribution in [3.8, 4) is 22.8 Å². The van der Waals surface area contributed by atoms with Crippen molar-refractivity contribution in [2.24, 2.45) is 5.92 Å². The fourth-order valence-electron chi connectivity index (χ4n) is 3.70. The van der Waals surface area contributed by atoms with Crippen LogP contribution in [0, 0.1) is 5.92 Å². The largest absolute Gasteiger partial charge is 0.493 e. The highest BCUT2D eigenvalue weighted by molar-refractivity contribution is 9.10. The molecule has 33 heavy (non-hydrogen) atoms. The molecule has 0 amide bonds. The lowest BCUT2D eigenvalue weighted by molar-refractivity contribution is -0.155. The van der Waals surface area contributed by atoms with Crippen molar-refractivity contribution in [2.45, 2.75) is 18.9 Å². The van der Waals surface area contributed by atoms with Crippen molar-refractivity contribution >= 4 is 44.5 Å². The van der Waals surface area contributed by atoms with Crippen LogP contribution in [0.3, 0.4) is 0 Å². The number of ether oxygens (including phenoxy) is 4. The summed E-state index contributed by atoms with van der Waals surface area (Å²) in [5.41, 5.74) is 0.745. The van der Waals surface area contributed by atoms with E-state index in [2.05, 4.69) is 15.9 Å². The zero-order chi connectivity index (χ0) is 23.5. The van der Waals surface area contributed by atoms with Gasteiger partial charge < -0.3 is 23.4 Å². The molecule has 0 N–H and O–H groups in total. The van der Waals surface area contributed by atoms with Crippen LogP contribution in [0.5, 0.6) is 11.5 Å². The summed E-state index contributed by atoms with van der Waals surface area (Å²) in [6, 6.07) is 9.95. The van der Waals surface area contributed by atoms with Gasteiger partial charge in [-0.1, -0.05) is 17.7 Å². The lowest BCUT2D eigenvalue weighted by Gasteiger charge is -2.32. The second kappa shape index (κ2) is 10.2. The Hall–Kier alpha value is -2.55. The van der Waals surface area contributed by atoms with E-state index in [0.717, 1.165) is 0 Å². The predicted molar refractivity (Wildman–Crippen MR) is 127 cm³/mol. The van der Waals surface area contributed by atoms with E-state index < -0.39 is 0 Å². The van der Waals surface area contributed by atoms with Gasteiger partial charge in [-0.3, -0.25) is 9.59 Å². The molecule has 0 radical (unpaired) electrons. The third-order valence-corrected chi connectivity index (χ3v) is 6.50. The van der Waals surface area contributed by atoms with Gasteiger partial charge in [-0.05, 0) is 53.0 Å². The van der Waals surface area contributed by atoms with E-state index in [1.54, 1.807) is 37.4 Å². The van der Waals surface area contributed by atoms with Gasteiger partial charge in [-0.25, -0.2) is 0 Å². The summed E-state index contributed by atoms with van der Waals surface area (Å²) >= 11 is 9.75. The van der Waals surface area contributed by atoms with Gasteiger partial charge in [0.15, 0.2) is 22.5 Å². The smallest absolute Gasteiger partial charge is 0.308 e. The van der Waals surface area contributed by atoms with Gasteiger partial charge in [-0.15, -0.1) is 0 Å². The van der Waals surface area contributed by atoms with Gasteiger partial charge >= 0.3 is 5.97 Å². The lowest BCUT2D eigenvalue weighted by Crippen LogP contribution is -2.37. The number of hydrogen-bond donors (Lipinski definition) is 0. The Morgan fingerprint density at radius 1 is 1.15 bits per heavy atom. The molecule has 1 aromatic heterocycles. The van der Waals surface area contributed by atoms with Crippen LogP contribution in [0.4, 0.5) is 0 Å². The van der Waals surface area contributed by atoms with Gasteiger partial charge in [0.25, 0.3) is 0 Å². The number of rotatable bonds is 8. The Labute approximate surface area is 203 Å². The summed E-state index contributed by atoms with van der Waals surface area (Å²) < 4.78 is 28.5. The minimum absolute atomic E-state index is 0.0247. The molecule has 0 unspecified atom stereocenters. The van der Waals surface area contributed by atoms with Crippen molar-refractivity contribution in [3.63, 3.8) is 0 Å². The molecular formula is C24H22BrClO7. The summed E-state index contributed by atoms with van der Waals surface area (Å²) in [4.78, 5) is 24.1. The molecule has 7 nitrogen and oxygen atoms in total. The Morgan fingerprint density at radius 3 is 2.67 bits per heavy atom. The first kappa shape index (κ1) is 23.6. The molecule has 1 saturated carbocycles. The van der Waals surface area contributed by atoms with Crippen LogP contribution in [-0.4, -0.2) is 39.5 Å². The highest BCUT2D eigenvalue weighted by Crippen LogP contribution is 2.39. The number of benzene rings is 2. The summed E-state index contributed by atoms with van der Waals surface area (Å²) in [6.45, 7) is 0.637. The number of esters is 1. The third kappa shape index (κ3) is 5.03. The lowest BCUT2D eigenvalue weighted by atomic mass is 9.82. The standard InChI is InChI=1S/C24H22BrClO7/c1-29-21-11-17(25)16(20-12-19(27)15-4-3-5-18(26)23(15)33-20)10-22(21)32-7-6-31-14-8-13(9-14)24(28)30-2/h3-5,10-14H,6-9H2,1-2H3/t13-,14-. The average molecular weight is 538 g/mol. The van der Waals surface area contributed by atoms with Gasteiger partial charge in [0, 0.05) is 16.1 Å². The summed E-state index contributed by atoms with van der Waals surface area (Å²) in [5, 5.41) is 0.769. The van der Waals surface area contributed by atoms with Crippen LogP contribution in [0.25, 0.3) is 22.3 Å². The molecule has 0 saturated heterocycles. The molecule has 0 bridgehead atoms. The first-order chi connectivity index (χ1) is 15.9. The maximum absolute atomic E-state index is 12.6. The molecule has 2 aromatic carbocycles. The minimum atomic E-state index is -0.196. The quantitative estimate of drug-likeness (QED) is 0.287. The van der Waals surface area contributed by atoms with Crippen molar-refractivity contribution in [1.29, 1.82) is 0 Å². The van der Waals surface area contributed by atoms with E-state index in [4.69, 9.17) is 35.0 Å². The Kier molecular flexibility index (Phi) is 7.26. The first-order valence-electron chi connectivity index (χ1n) is 10.3. The Morgan fingerprint density at radius 2 is 1.94 bits per heavy atom. The van der Waals surface area contributed by atoms with Crippen LogP contribution in [0.1, 0.15) is 12.8 Å². The Bertz CT molecular complexity index is 1230. The summed E-state index contributed by atoms with van der Waals surface area (Å²) in [7, 11) is 2.93. The van der Waals surface area contributed by atoms with Crippen LogP contribution >= 0.6 is 27.5 Å². The second-order valence-electron chi connectivity index (χ2n) is 7.61. The number of methoxy groups -OCH3 is 2. The van der Waals surface area contributed by atoms with Gasteiger partial charge in [-0.2, -0.15) is 0 Å². The monoisotopic (exact) mass is 536 g/mol. The van der Waals surface area contributed by atoms with Crippen molar-refractivity contribution < 1.29 is 28.2 Å². The van der Waals surface area contributed by atoms with Crippen LogP contribution in [-0.2, 0) is 14.3 Å². The molecule has 1 fully saturated rings. The normalized spacial score (nSPS) is 17.5. The minimum Gasteiger partial charge on any atom is -0.493 e. The number of carbonyl (C=O) groups is 1. The molecule has 9 heteroatoms. The molecule has 0 aliphatic heterocycles. The molecular weight excluding hydrogens is 516 g/mol. The molecule has 1 heterocycles. The van der Waals surface area contributed by atoms with Crippen molar-refractivity contribution in [2.75, 3.05) is 27.4 Å². The number of hydrogen-bond acceptors (Lipinski definition) is 7. The van der Waals surface area contributed by atoms with E-state index in [9.17, 15) is 9.59 Å². The van der Waals surface area contributed by atoms with E-state index in [1.165, 1.54) is 13.2 Å². The second-order valence-corrected chi connectivity index (χ2v) is 8.87. The van der Waals surface area contributed by atoms with Crippen molar-refractivity contribution in [1.82, 2.24) is 0 Å². The third-order valence-electron chi connectivity index (χ3n) is 5.55. The molecule has 3 aromatic rings. The van der Waals surface area contributed by atoms with Crippen LogP contribution < -0.4 is 14.9 Å². The highest BCUT2D eigenvalue weighted by atomic mass is 79.9. The van der Waals surface area contributed by atoms with Crippen LogP contribution in [0.15, 0.2) is 50.1 Å². The number of para-hydroxylation sites is 1. The molecule has 0 atom stereocenters. The van der Waals surface area contributed by atoms with Gasteiger partial charge in [0.05, 0.1) is 43.3 Å². The predicted octanol–water partition coefficient (Wildman–Crippen LogP) is 5.23. The molecule has 4 rings (SSSR count). The van der Waals surface area contributed by atoms with E-state index >= 15 is 0 Å². The van der Waals surface area contributed by atoms with Gasteiger partial charge in [0.2, 0.25) is 0 Å². The molecule has 0 spiro atoms. The molecule has 1 aliphatic carbocycles. The maximum atomic E-state index is 12.6. The number of fused-ring (bicyclic) bond motifs is 1. The zero-order valence-corrected chi connectivity index (χ0v) is 20.4. The van der Waals surface area contributed by atoms with E-state index in [0.29, 0.717) is 62.7 Å². The Balaban J connectivity index is 1.49. The molecule has 1 aliphatic rings.